The normalized spacial score (nSPS) is 10.1. The molecule has 0 fully saturated rings. The zero-order valence-electron chi connectivity index (χ0n) is 9.03. The van der Waals surface area contributed by atoms with Gasteiger partial charge in [-0.25, -0.2) is 0 Å². The van der Waals surface area contributed by atoms with Crippen LogP contribution in [-0.4, -0.2) is 16.6 Å². The van der Waals surface area contributed by atoms with E-state index >= 15 is 0 Å². The van der Waals surface area contributed by atoms with Gasteiger partial charge in [0.25, 0.3) is 0 Å². The molecule has 1 aromatic carbocycles. The van der Waals surface area contributed by atoms with E-state index in [-0.39, 0.29) is 0 Å². The minimum Gasteiger partial charge on any atom is -0.363 e. The topological polar surface area (TPSA) is 37.0 Å². The lowest BCUT2D eigenvalue weighted by Gasteiger charge is -2.10. The molecule has 0 spiro atoms. The van der Waals surface area contributed by atoms with E-state index in [1.54, 1.807) is 6.20 Å². The summed E-state index contributed by atoms with van der Waals surface area (Å²) in [5, 5.41) is 9.11. The molecule has 1 heterocycles. The minimum absolute atomic E-state index is 0.645. The maximum atomic E-state index is 5.16. The molecule has 0 unspecified atom stereocenters. The highest BCUT2D eigenvalue weighted by atomic mass is 32.1. The minimum atomic E-state index is 0.645. The first-order valence-electron chi connectivity index (χ1n) is 5.19. The molecule has 0 aliphatic carbocycles. The van der Waals surface area contributed by atoms with Gasteiger partial charge in [-0.15, -0.1) is 0 Å². The van der Waals surface area contributed by atoms with Gasteiger partial charge in [0.1, 0.15) is 0 Å². The van der Waals surface area contributed by atoms with Crippen molar-refractivity contribution >= 4 is 33.8 Å². The molecule has 1 aromatic heterocycles. The van der Waals surface area contributed by atoms with Gasteiger partial charge in [0.2, 0.25) is 0 Å². The summed E-state index contributed by atoms with van der Waals surface area (Å²) in [4.78, 5) is 4.09. The van der Waals surface area contributed by atoms with Gasteiger partial charge in [-0.3, -0.25) is 4.98 Å². The lowest BCUT2D eigenvalue weighted by atomic mass is 10.1. The fourth-order valence-corrected chi connectivity index (χ4v) is 1.81. The number of nitrogens with zero attached hydrogens (tertiary/aromatic N) is 1. The van der Waals surface area contributed by atoms with E-state index in [0.29, 0.717) is 5.11 Å². The predicted molar refractivity (Wildman–Crippen MR) is 71.6 cm³/mol. The lowest BCUT2D eigenvalue weighted by Crippen LogP contribution is -2.27. The van der Waals surface area contributed by atoms with Crippen LogP contribution in [-0.2, 0) is 0 Å². The van der Waals surface area contributed by atoms with E-state index in [0.717, 1.165) is 23.0 Å². The molecule has 0 saturated heterocycles. The number of rotatable bonds is 2. The maximum absolute atomic E-state index is 5.16. The Kier molecular flexibility index (Phi) is 3.31. The fourth-order valence-electron chi connectivity index (χ4n) is 1.56. The largest absolute Gasteiger partial charge is 0.363 e. The number of nitrogens with one attached hydrogen (secondary N) is 2. The van der Waals surface area contributed by atoms with Crippen molar-refractivity contribution in [2.45, 2.75) is 6.92 Å². The van der Waals surface area contributed by atoms with Gasteiger partial charge in [-0.2, -0.15) is 0 Å². The first-order valence-corrected chi connectivity index (χ1v) is 5.59. The number of aromatic nitrogens is 1. The molecule has 0 amide bonds. The Hall–Kier alpha value is -1.68. The first kappa shape index (κ1) is 10.8. The molecule has 0 radical (unpaired) electrons. The zero-order valence-corrected chi connectivity index (χ0v) is 9.84. The quantitative estimate of drug-likeness (QED) is 0.779. The van der Waals surface area contributed by atoms with Crippen molar-refractivity contribution in [3.63, 3.8) is 0 Å². The zero-order chi connectivity index (χ0) is 11.4. The molecule has 0 saturated carbocycles. The van der Waals surface area contributed by atoms with Gasteiger partial charge >= 0.3 is 0 Å². The van der Waals surface area contributed by atoms with Crippen molar-refractivity contribution in [2.24, 2.45) is 0 Å². The van der Waals surface area contributed by atoms with E-state index in [2.05, 4.69) is 15.6 Å². The number of benzene rings is 1. The van der Waals surface area contributed by atoms with Crippen LogP contribution in [0.1, 0.15) is 6.92 Å². The Morgan fingerprint density at radius 1 is 1.38 bits per heavy atom. The molecule has 3 nitrogen and oxygen atoms in total. The summed E-state index contributed by atoms with van der Waals surface area (Å²) in [6.45, 7) is 2.83. The molecular weight excluding hydrogens is 218 g/mol. The van der Waals surface area contributed by atoms with Crippen molar-refractivity contribution < 1.29 is 0 Å². The van der Waals surface area contributed by atoms with Gasteiger partial charge < -0.3 is 10.6 Å². The van der Waals surface area contributed by atoms with E-state index in [4.69, 9.17) is 12.2 Å². The predicted octanol–water partition coefficient (Wildman–Crippen LogP) is 2.54. The average molecular weight is 231 g/mol. The molecule has 4 heteroatoms. The Bertz CT molecular complexity index is 505. The second-order valence-corrected chi connectivity index (χ2v) is 3.80. The van der Waals surface area contributed by atoms with Crippen LogP contribution in [0.25, 0.3) is 10.8 Å². The van der Waals surface area contributed by atoms with Gasteiger partial charge in [0.15, 0.2) is 5.11 Å². The van der Waals surface area contributed by atoms with Crippen LogP contribution in [0.3, 0.4) is 0 Å². The first-order chi connectivity index (χ1) is 7.81. The van der Waals surface area contributed by atoms with Crippen LogP contribution < -0.4 is 10.6 Å². The molecule has 0 aliphatic heterocycles. The highest BCUT2D eigenvalue weighted by Crippen LogP contribution is 2.21. The number of hydrogen-bond donors (Lipinski definition) is 2. The number of pyridine rings is 1. The standard InChI is InChI=1S/C12H13N3S/c1-2-14-12(16)15-11-5-3-4-9-8-13-7-6-10(9)11/h3-8H,2H2,1H3,(H2,14,15,16). The van der Waals surface area contributed by atoms with Crippen LogP contribution in [0.5, 0.6) is 0 Å². The molecular formula is C12H13N3S. The summed E-state index contributed by atoms with van der Waals surface area (Å²) < 4.78 is 0. The highest BCUT2D eigenvalue weighted by Gasteiger charge is 2.01. The average Bonchev–Trinajstić information content (AvgIpc) is 2.30. The third-order valence-corrected chi connectivity index (χ3v) is 2.51. The SMILES string of the molecule is CCNC(=S)Nc1cccc2cnccc12. The van der Waals surface area contributed by atoms with Gasteiger partial charge in [-0.1, -0.05) is 12.1 Å². The molecule has 2 N–H and O–H groups in total. The summed E-state index contributed by atoms with van der Waals surface area (Å²) in [6, 6.07) is 8.00. The molecule has 16 heavy (non-hydrogen) atoms. The second kappa shape index (κ2) is 4.90. The monoisotopic (exact) mass is 231 g/mol. The Morgan fingerprint density at radius 3 is 3.06 bits per heavy atom. The Balaban J connectivity index is 2.33. The molecule has 0 atom stereocenters. The summed E-state index contributed by atoms with van der Waals surface area (Å²) in [5.41, 5.74) is 1.01. The van der Waals surface area contributed by atoms with Crippen molar-refractivity contribution in [3.05, 3.63) is 36.7 Å². The summed E-state index contributed by atoms with van der Waals surface area (Å²) in [5.74, 6) is 0. The smallest absolute Gasteiger partial charge is 0.170 e. The summed E-state index contributed by atoms with van der Waals surface area (Å²) in [6.07, 6.45) is 3.63. The van der Waals surface area contributed by atoms with Crippen molar-refractivity contribution in [1.82, 2.24) is 10.3 Å². The van der Waals surface area contributed by atoms with Crippen molar-refractivity contribution in [1.29, 1.82) is 0 Å². The third-order valence-electron chi connectivity index (χ3n) is 2.27. The van der Waals surface area contributed by atoms with E-state index < -0.39 is 0 Å². The highest BCUT2D eigenvalue weighted by molar-refractivity contribution is 7.80. The van der Waals surface area contributed by atoms with Crippen molar-refractivity contribution in [3.8, 4) is 0 Å². The third kappa shape index (κ3) is 2.28. The maximum Gasteiger partial charge on any atom is 0.170 e. The number of hydrogen-bond acceptors (Lipinski definition) is 2. The van der Waals surface area contributed by atoms with E-state index in [1.807, 2.05) is 37.4 Å². The van der Waals surface area contributed by atoms with E-state index in [1.165, 1.54) is 0 Å². The van der Waals surface area contributed by atoms with Gasteiger partial charge in [-0.05, 0) is 31.3 Å². The van der Waals surface area contributed by atoms with Crippen LogP contribution in [0.4, 0.5) is 5.69 Å². The van der Waals surface area contributed by atoms with E-state index in [9.17, 15) is 0 Å². The molecule has 82 valence electrons. The Labute approximate surface area is 99.9 Å². The van der Waals surface area contributed by atoms with Crippen LogP contribution in [0, 0.1) is 0 Å². The van der Waals surface area contributed by atoms with Gasteiger partial charge in [0, 0.05) is 35.4 Å². The summed E-state index contributed by atoms with van der Waals surface area (Å²) in [7, 11) is 0. The fraction of sp³-hybridized carbons (Fsp3) is 0.167. The molecule has 0 aliphatic rings. The van der Waals surface area contributed by atoms with Crippen molar-refractivity contribution in [2.75, 3.05) is 11.9 Å². The number of anilines is 1. The molecule has 2 rings (SSSR count). The molecule has 2 aromatic rings. The Morgan fingerprint density at radius 2 is 2.25 bits per heavy atom. The van der Waals surface area contributed by atoms with Crippen LogP contribution >= 0.6 is 12.2 Å². The number of fused-ring (bicyclic) bond motifs is 1. The number of thiocarbonyl (C=S) groups is 1. The lowest BCUT2D eigenvalue weighted by molar-refractivity contribution is 0.980. The summed E-state index contributed by atoms with van der Waals surface area (Å²) >= 11 is 5.16. The molecule has 0 bridgehead atoms. The van der Waals surface area contributed by atoms with Gasteiger partial charge in [0.05, 0.1) is 0 Å². The second-order valence-electron chi connectivity index (χ2n) is 3.39. The van der Waals surface area contributed by atoms with Crippen LogP contribution in [0.15, 0.2) is 36.7 Å². The van der Waals surface area contributed by atoms with Crippen LogP contribution in [0.2, 0.25) is 0 Å².